The lowest BCUT2D eigenvalue weighted by Gasteiger charge is -2.13. The molecule has 0 fully saturated rings. The van der Waals surface area contributed by atoms with E-state index in [9.17, 15) is 0 Å². The topological polar surface area (TPSA) is 53.5 Å². The molecule has 0 aliphatic carbocycles. The van der Waals surface area contributed by atoms with E-state index >= 15 is 0 Å². The molecular formula is C63H40N6. The summed E-state index contributed by atoms with van der Waals surface area (Å²) in [6, 6.07) is 86.3. The second kappa shape index (κ2) is 15.6. The average Bonchev–Trinajstić information content (AvgIpc) is 4.07. The molecule has 0 saturated carbocycles. The fourth-order valence-electron chi connectivity index (χ4n) is 10.5. The van der Waals surface area contributed by atoms with Crippen LogP contribution in [0.3, 0.4) is 0 Å². The molecule has 0 atom stereocenters. The molecule has 0 aliphatic rings. The summed E-state index contributed by atoms with van der Waals surface area (Å²) in [4.78, 5) is 15.9. The van der Waals surface area contributed by atoms with Gasteiger partial charge in [-0.05, 0) is 76.9 Å². The maximum absolute atomic E-state index is 5.40. The van der Waals surface area contributed by atoms with Gasteiger partial charge in [-0.15, -0.1) is 0 Å². The Kier molecular flexibility index (Phi) is 8.79. The molecule has 0 bridgehead atoms. The molecule has 10 aromatic carbocycles. The van der Waals surface area contributed by atoms with Crippen molar-refractivity contribution in [3.05, 3.63) is 243 Å². The van der Waals surface area contributed by atoms with Crippen LogP contribution in [-0.2, 0) is 0 Å². The molecule has 4 heterocycles. The Labute approximate surface area is 397 Å². The van der Waals surface area contributed by atoms with E-state index in [2.05, 4.69) is 232 Å². The van der Waals surface area contributed by atoms with E-state index in [1.165, 1.54) is 32.9 Å². The number of hydrogen-bond acceptors (Lipinski definition) is 3. The summed E-state index contributed by atoms with van der Waals surface area (Å²) in [6.07, 6.45) is 0. The van der Waals surface area contributed by atoms with Crippen LogP contribution in [0.5, 0.6) is 0 Å². The Morgan fingerprint density at radius 3 is 1.32 bits per heavy atom. The van der Waals surface area contributed by atoms with Crippen LogP contribution in [0.25, 0.3) is 128 Å². The van der Waals surface area contributed by atoms with Gasteiger partial charge >= 0.3 is 0 Å². The van der Waals surface area contributed by atoms with Gasteiger partial charge in [-0.25, -0.2) is 4.98 Å². The number of hydrogen-bond donors (Lipinski definition) is 0. The molecule has 0 aliphatic heterocycles. The maximum atomic E-state index is 5.40. The minimum atomic E-state index is 0.551. The van der Waals surface area contributed by atoms with Gasteiger partial charge in [0.1, 0.15) is 0 Å². The molecule has 0 radical (unpaired) electrons. The van der Waals surface area contributed by atoms with Crippen LogP contribution >= 0.6 is 0 Å². The Hall–Kier alpha value is -9.39. The molecule has 69 heavy (non-hydrogen) atoms. The summed E-state index contributed by atoms with van der Waals surface area (Å²) in [5.74, 6) is 1.76. The number of nitrogens with zero attached hydrogens (tertiary/aromatic N) is 6. The van der Waals surface area contributed by atoms with Crippen molar-refractivity contribution >= 4 is 65.4 Å². The minimum Gasteiger partial charge on any atom is -0.309 e. The number of benzene rings is 10. The third-order valence-corrected chi connectivity index (χ3v) is 13.7. The maximum Gasteiger partial charge on any atom is 0.238 e. The van der Waals surface area contributed by atoms with Crippen molar-refractivity contribution in [3.63, 3.8) is 0 Å². The van der Waals surface area contributed by atoms with E-state index in [-0.39, 0.29) is 0 Å². The van der Waals surface area contributed by atoms with Crippen LogP contribution in [0.15, 0.2) is 243 Å². The van der Waals surface area contributed by atoms with Gasteiger partial charge in [0.25, 0.3) is 0 Å². The second-order valence-electron chi connectivity index (χ2n) is 17.6. The second-order valence-corrected chi connectivity index (χ2v) is 17.6. The quantitative estimate of drug-likeness (QED) is 0.160. The third kappa shape index (κ3) is 6.23. The molecule has 6 heteroatoms. The zero-order valence-corrected chi connectivity index (χ0v) is 37.3. The van der Waals surface area contributed by atoms with Crippen LogP contribution in [-0.4, -0.2) is 28.7 Å². The third-order valence-electron chi connectivity index (χ3n) is 13.7. The van der Waals surface area contributed by atoms with Crippen molar-refractivity contribution < 1.29 is 0 Å². The van der Waals surface area contributed by atoms with Crippen molar-refractivity contribution in [2.75, 3.05) is 0 Å². The smallest absolute Gasteiger partial charge is 0.238 e. The number of rotatable bonds is 7. The van der Waals surface area contributed by atoms with Crippen molar-refractivity contribution in [1.29, 1.82) is 0 Å². The van der Waals surface area contributed by atoms with E-state index in [4.69, 9.17) is 15.0 Å². The minimum absolute atomic E-state index is 0.551. The Bertz CT molecular complexity index is 4270. The van der Waals surface area contributed by atoms with Crippen LogP contribution < -0.4 is 0 Å². The van der Waals surface area contributed by atoms with Gasteiger partial charge in [-0.3, -0.25) is 4.57 Å². The zero-order chi connectivity index (χ0) is 45.4. The van der Waals surface area contributed by atoms with Gasteiger partial charge in [0.05, 0.1) is 33.1 Å². The lowest BCUT2D eigenvalue weighted by Crippen LogP contribution is -2.07. The molecule has 0 N–H and O–H groups in total. The van der Waals surface area contributed by atoms with Gasteiger partial charge < -0.3 is 9.13 Å². The normalized spacial score (nSPS) is 11.8. The number of aromatic nitrogens is 6. The van der Waals surface area contributed by atoms with Gasteiger partial charge in [0.2, 0.25) is 5.95 Å². The molecule has 0 amide bonds. The average molecular weight is 881 g/mol. The summed E-state index contributed by atoms with van der Waals surface area (Å²) in [6.45, 7) is 0. The molecule has 0 saturated heterocycles. The fraction of sp³-hybridized carbons (Fsp3) is 0. The van der Waals surface area contributed by atoms with Crippen molar-refractivity contribution in [3.8, 4) is 62.4 Å². The van der Waals surface area contributed by atoms with E-state index in [1.807, 2.05) is 24.3 Å². The van der Waals surface area contributed by atoms with E-state index in [0.717, 1.165) is 77.2 Å². The van der Waals surface area contributed by atoms with E-state index in [0.29, 0.717) is 17.6 Å². The first-order chi connectivity index (χ1) is 34.2. The highest BCUT2D eigenvalue weighted by atomic mass is 15.2. The standard InChI is InChI=1S/C63H40N6/c1-5-17-41(18-6-1)43-29-31-45(32-30-43)62-64-61(44-21-9-3-10-22-44)65-63(66-62)69-56-28-16-13-25-49(56)51-35-36-52-54-40-48(34-38-58(54)68(59(52)60(51)69)47-23-11-4-12-24-47)67-55-27-15-14-26-50(55)53-39-46(33-37-57(53)67)42-19-7-2-8-20-42/h1-40H. The zero-order valence-electron chi connectivity index (χ0n) is 37.3. The first-order valence-electron chi connectivity index (χ1n) is 23.4. The highest BCUT2D eigenvalue weighted by molar-refractivity contribution is 6.24. The molecule has 6 nitrogen and oxygen atoms in total. The lowest BCUT2D eigenvalue weighted by molar-refractivity contribution is 0.953. The summed E-state index contributed by atoms with van der Waals surface area (Å²) < 4.78 is 7.11. The molecular weight excluding hydrogens is 841 g/mol. The highest BCUT2D eigenvalue weighted by Crippen LogP contribution is 2.43. The summed E-state index contributed by atoms with van der Waals surface area (Å²) in [5.41, 5.74) is 15.3. The van der Waals surface area contributed by atoms with E-state index in [1.54, 1.807) is 0 Å². The van der Waals surface area contributed by atoms with Crippen molar-refractivity contribution in [1.82, 2.24) is 28.7 Å². The fourth-order valence-corrected chi connectivity index (χ4v) is 10.5. The Balaban J connectivity index is 1.04. The van der Waals surface area contributed by atoms with Gasteiger partial charge in [-0.2, -0.15) is 9.97 Å². The molecule has 0 spiro atoms. The van der Waals surface area contributed by atoms with Gasteiger partial charge in [0, 0.05) is 54.8 Å². The molecule has 14 rings (SSSR count). The molecule has 14 aromatic rings. The van der Waals surface area contributed by atoms with Crippen LogP contribution in [0.2, 0.25) is 0 Å². The predicted octanol–water partition coefficient (Wildman–Crippen LogP) is 15.8. The van der Waals surface area contributed by atoms with Crippen LogP contribution in [0.4, 0.5) is 0 Å². The SMILES string of the molecule is c1ccc(-c2ccc(-c3nc(-c4ccccc4)nc(-n4c5ccccc5c5ccc6c7cc(-n8c9ccccc9c9cc(-c%10ccccc%10)ccc98)ccc7n(-c7ccccc7)c6c54)n3)cc2)cc1. The first-order valence-corrected chi connectivity index (χ1v) is 23.4. The summed E-state index contributed by atoms with van der Waals surface area (Å²) in [7, 11) is 0. The summed E-state index contributed by atoms with van der Waals surface area (Å²) in [5, 5.41) is 6.97. The lowest BCUT2D eigenvalue weighted by atomic mass is 10.0. The number of para-hydroxylation sites is 3. The molecule has 322 valence electrons. The molecule has 0 unspecified atom stereocenters. The number of fused-ring (bicyclic) bond motifs is 10. The molecule has 4 aromatic heterocycles. The summed E-state index contributed by atoms with van der Waals surface area (Å²) >= 11 is 0. The van der Waals surface area contributed by atoms with Crippen LogP contribution in [0.1, 0.15) is 0 Å². The predicted molar refractivity (Wildman–Crippen MR) is 285 cm³/mol. The van der Waals surface area contributed by atoms with Crippen molar-refractivity contribution in [2.24, 2.45) is 0 Å². The van der Waals surface area contributed by atoms with Crippen molar-refractivity contribution in [2.45, 2.75) is 0 Å². The van der Waals surface area contributed by atoms with Crippen LogP contribution in [0, 0.1) is 0 Å². The van der Waals surface area contributed by atoms with Gasteiger partial charge in [0.15, 0.2) is 11.6 Å². The Morgan fingerprint density at radius 2 is 0.652 bits per heavy atom. The van der Waals surface area contributed by atoms with E-state index < -0.39 is 0 Å². The monoisotopic (exact) mass is 880 g/mol. The largest absolute Gasteiger partial charge is 0.309 e. The highest BCUT2D eigenvalue weighted by Gasteiger charge is 2.24. The first kappa shape index (κ1) is 38.8. The van der Waals surface area contributed by atoms with Gasteiger partial charge in [-0.1, -0.05) is 188 Å². The Morgan fingerprint density at radius 1 is 0.232 bits per heavy atom.